The molecule has 6 nitrogen and oxygen atoms in total. The first kappa shape index (κ1) is 33.3. The lowest BCUT2D eigenvalue weighted by Gasteiger charge is -2.43. The quantitative estimate of drug-likeness (QED) is 0.116. The Bertz CT molecular complexity index is 804. The van der Waals surface area contributed by atoms with Crippen molar-refractivity contribution in [3.8, 4) is 0 Å². The van der Waals surface area contributed by atoms with Crippen LogP contribution >= 0.6 is 0 Å². The SMILES string of the molecule is CCCCCCCC(O)CCCCCCC(C(=O)O)C(O)CCC1(O)CCC(C2(C3=CCN=C3)CCCCC2)C1. The third-order valence-corrected chi connectivity index (χ3v) is 10.5. The van der Waals surface area contributed by atoms with E-state index in [4.69, 9.17) is 0 Å². The molecule has 0 radical (unpaired) electrons. The van der Waals surface area contributed by atoms with E-state index < -0.39 is 23.6 Å². The zero-order valence-corrected chi connectivity index (χ0v) is 25.4. The van der Waals surface area contributed by atoms with Crippen molar-refractivity contribution in [1.29, 1.82) is 0 Å². The molecule has 1 heterocycles. The number of aliphatic carboxylic acids is 1. The predicted octanol–water partition coefficient (Wildman–Crippen LogP) is 7.38. The molecule has 0 spiro atoms. The molecule has 0 amide bonds. The van der Waals surface area contributed by atoms with E-state index in [1.807, 2.05) is 0 Å². The molecular formula is C34H59NO5. The molecule has 0 aromatic rings. The number of aliphatic imine (C=N–C) groups is 1. The van der Waals surface area contributed by atoms with Gasteiger partial charge in [0.1, 0.15) is 0 Å². The van der Waals surface area contributed by atoms with Gasteiger partial charge in [-0.2, -0.15) is 0 Å². The Morgan fingerprint density at radius 1 is 0.925 bits per heavy atom. The summed E-state index contributed by atoms with van der Waals surface area (Å²) in [6.45, 7) is 2.99. The highest BCUT2D eigenvalue weighted by Crippen LogP contribution is 2.56. The number of unbranched alkanes of at least 4 members (excludes halogenated alkanes) is 7. The zero-order chi connectivity index (χ0) is 28.8. The lowest BCUT2D eigenvalue weighted by Crippen LogP contribution is -2.37. The van der Waals surface area contributed by atoms with E-state index in [1.54, 1.807) is 0 Å². The number of hydrogen-bond donors (Lipinski definition) is 4. The van der Waals surface area contributed by atoms with Crippen LogP contribution in [0.4, 0.5) is 0 Å². The van der Waals surface area contributed by atoms with E-state index in [-0.39, 0.29) is 11.5 Å². The molecule has 0 aromatic carbocycles. The first-order valence-corrected chi connectivity index (χ1v) is 16.8. The van der Waals surface area contributed by atoms with Crippen molar-refractivity contribution in [1.82, 2.24) is 0 Å². The second-order valence-electron chi connectivity index (χ2n) is 13.4. The summed E-state index contributed by atoms with van der Waals surface area (Å²) in [5.41, 5.74) is 0.700. The molecule has 2 saturated carbocycles. The van der Waals surface area contributed by atoms with Gasteiger partial charge in [-0.15, -0.1) is 0 Å². The molecule has 2 fully saturated rings. The van der Waals surface area contributed by atoms with Crippen molar-refractivity contribution in [2.24, 2.45) is 22.2 Å². The first-order chi connectivity index (χ1) is 19.3. The lowest BCUT2D eigenvalue weighted by molar-refractivity contribution is -0.146. The minimum Gasteiger partial charge on any atom is -0.481 e. The maximum atomic E-state index is 12.0. The smallest absolute Gasteiger partial charge is 0.309 e. The van der Waals surface area contributed by atoms with Crippen LogP contribution in [0.25, 0.3) is 0 Å². The van der Waals surface area contributed by atoms with Crippen LogP contribution in [-0.4, -0.2) is 57.0 Å². The minimum absolute atomic E-state index is 0.135. The molecule has 2 aliphatic carbocycles. The minimum atomic E-state index is -0.934. The second-order valence-corrected chi connectivity index (χ2v) is 13.4. The van der Waals surface area contributed by atoms with Crippen LogP contribution in [0.1, 0.15) is 148 Å². The zero-order valence-electron chi connectivity index (χ0n) is 25.4. The normalized spacial score (nSPS) is 26.5. The topological polar surface area (TPSA) is 110 Å². The van der Waals surface area contributed by atoms with E-state index in [0.717, 1.165) is 70.8 Å². The van der Waals surface area contributed by atoms with Gasteiger partial charge in [0, 0.05) is 6.21 Å². The molecular weight excluding hydrogens is 502 g/mol. The molecule has 3 aliphatic rings. The van der Waals surface area contributed by atoms with Crippen LogP contribution in [0.2, 0.25) is 0 Å². The third kappa shape index (κ3) is 9.94. The molecule has 230 valence electrons. The van der Waals surface area contributed by atoms with E-state index in [1.165, 1.54) is 63.4 Å². The van der Waals surface area contributed by atoms with Gasteiger partial charge < -0.3 is 20.4 Å². The first-order valence-electron chi connectivity index (χ1n) is 16.8. The van der Waals surface area contributed by atoms with Crippen LogP contribution in [0, 0.1) is 17.3 Å². The fourth-order valence-corrected chi connectivity index (χ4v) is 7.93. The van der Waals surface area contributed by atoms with E-state index >= 15 is 0 Å². The standard InChI is InChI=1S/C34H59NO5/c1-2-3-4-5-9-14-29(36)15-10-6-7-11-16-30(32(38)39)31(37)18-23-33(40)22-17-27(25-33)34(20-12-8-13-21-34)28-19-24-35-26-28/h19,26-27,29-31,36-37,40H,2-18,20-25H2,1H3,(H,38,39). The maximum absolute atomic E-state index is 12.0. The van der Waals surface area contributed by atoms with E-state index in [2.05, 4.69) is 24.2 Å². The molecule has 0 bridgehead atoms. The van der Waals surface area contributed by atoms with E-state index in [9.17, 15) is 25.2 Å². The number of hydrogen-bond acceptors (Lipinski definition) is 5. The highest BCUT2D eigenvalue weighted by Gasteiger charge is 2.49. The number of rotatable bonds is 20. The molecule has 3 rings (SSSR count). The number of carboxylic acid groups (broad SMARTS) is 1. The van der Waals surface area contributed by atoms with Crippen molar-refractivity contribution in [3.05, 3.63) is 11.6 Å². The monoisotopic (exact) mass is 561 g/mol. The Morgan fingerprint density at radius 3 is 2.17 bits per heavy atom. The van der Waals surface area contributed by atoms with E-state index in [0.29, 0.717) is 25.2 Å². The molecule has 1 aliphatic heterocycles. The van der Waals surface area contributed by atoms with Gasteiger partial charge in [0.15, 0.2) is 0 Å². The summed E-state index contributed by atoms with van der Waals surface area (Å²) in [6, 6.07) is 0. The lowest BCUT2D eigenvalue weighted by atomic mass is 9.61. The number of carbonyl (C=O) groups is 1. The Kier molecular flexibility index (Phi) is 14.2. The highest BCUT2D eigenvalue weighted by molar-refractivity contribution is 5.83. The Morgan fingerprint density at radius 2 is 1.57 bits per heavy atom. The fourth-order valence-electron chi connectivity index (χ4n) is 7.93. The summed E-state index contributed by atoms with van der Waals surface area (Å²) in [4.78, 5) is 16.4. The fraction of sp³-hybridized carbons (Fsp3) is 0.882. The van der Waals surface area contributed by atoms with Gasteiger partial charge in [0.05, 0.1) is 30.3 Å². The summed E-state index contributed by atoms with van der Waals surface area (Å²) >= 11 is 0. The third-order valence-electron chi connectivity index (χ3n) is 10.5. The van der Waals surface area contributed by atoms with Gasteiger partial charge in [-0.3, -0.25) is 9.79 Å². The Balaban J connectivity index is 1.36. The van der Waals surface area contributed by atoms with Crippen LogP contribution < -0.4 is 0 Å². The Labute approximate surface area is 243 Å². The van der Waals surface area contributed by atoms with Gasteiger partial charge in [-0.1, -0.05) is 90.0 Å². The average Bonchev–Trinajstić information content (AvgIpc) is 3.63. The summed E-state index contributed by atoms with van der Waals surface area (Å²) in [6.07, 6.45) is 24.5. The number of allylic oxidation sites excluding steroid dienone is 1. The van der Waals surface area contributed by atoms with Crippen molar-refractivity contribution >= 4 is 12.2 Å². The molecule has 0 saturated heterocycles. The van der Waals surface area contributed by atoms with Gasteiger partial charge in [0.2, 0.25) is 0 Å². The predicted molar refractivity (Wildman–Crippen MR) is 163 cm³/mol. The molecule has 5 unspecified atom stereocenters. The molecule has 6 heteroatoms. The van der Waals surface area contributed by atoms with Crippen molar-refractivity contribution in [3.63, 3.8) is 0 Å². The summed E-state index contributed by atoms with van der Waals surface area (Å²) < 4.78 is 0. The summed E-state index contributed by atoms with van der Waals surface area (Å²) in [7, 11) is 0. The van der Waals surface area contributed by atoms with Crippen molar-refractivity contribution < 1.29 is 25.2 Å². The van der Waals surface area contributed by atoms with Gasteiger partial charge >= 0.3 is 5.97 Å². The van der Waals surface area contributed by atoms with Crippen molar-refractivity contribution in [2.45, 2.75) is 166 Å². The largest absolute Gasteiger partial charge is 0.481 e. The number of aliphatic hydroxyl groups is 3. The van der Waals surface area contributed by atoms with Crippen LogP contribution in [0.5, 0.6) is 0 Å². The van der Waals surface area contributed by atoms with Crippen LogP contribution in [-0.2, 0) is 4.79 Å². The molecule has 0 aromatic heterocycles. The van der Waals surface area contributed by atoms with Crippen molar-refractivity contribution in [2.75, 3.05) is 6.54 Å². The molecule has 40 heavy (non-hydrogen) atoms. The summed E-state index contributed by atoms with van der Waals surface area (Å²) in [5, 5.41) is 42.3. The highest BCUT2D eigenvalue weighted by atomic mass is 16.4. The molecule has 5 atom stereocenters. The number of aliphatic hydroxyl groups excluding tert-OH is 2. The average molecular weight is 562 g/mol. The van der Waals surface area contributed by atoms with Crippen LogP contribution in [0.3, 0.4) is 0 Å². The van der Waals surface area contributed by atoms with Gasteiger partial charge in [-0.05, 0) is 81.1 Å². The maximum Gasteiger partial charge on any atom is 0.309 e. The van der Waals surface area contributed by atoms with Crippen LogP contribution in [0.15, 0.2) is 16.6 Å². The number of nitrogens with zero attached hydrogens (tertiary/aromatic N) is 1. The number of carboxylic acids is 1. The van der Waals surface area contributed by atoms with Gasteiger partial charge in [0.25, 0.3) is 0 Å². The Hall–Kier alpha value is -1.24. The van der Waals surface area contributed by atoms with Gasteiger partial charge in [-0.25, -0.2) is 0 Å². The summed E-state index contributed by atoms with van der Waals surface area (Å²) in [5.74, 6) is -1.28. The second kappa shape index (κ2) is 17.0. The molecule has 4 N–H and O–H groups in total.